The minimum absolute atomic E-state index is 0.101. The molecule has 1 N–H and O–H groups in total. The number of aromatic nitrogens is 1. The predicted molar refractivity (Wildman–Crippen MR) is 62.0 cm³/mol. The van der Waals surface area contributed by atoms with Crippen molar-refractivity contribution in [2.45, 2.75) is 25.8 Å². The molecule has 1 aromatic rings. The molecule has 0 unspecified atom stereocenters. The van der Waals surface area contributed by atoms with Crippen LogP contribution in [-0.4, -0.2) is 24.0 Å². The van der Waals surface area contributed by atoms with E-state index >= 15 is 0 Å². The molecule has 92 valence electrons. The summed E-state index contributed by atoms with van der Waals surface area (Å²) in [4.78, 5) is 26.6. The number of esters is 1. The van der Waals surface area contributed by atoms with E-state index in [9.17, 15) is 9.59 Å². The minimum atomic E-state index is -0.363. The maximum Gasteiger partial charge on any atom is 0.307 e. The van der Waals surface area contributed by atoms with Gasteiger partial charge in [0.05, 0.1) is 19.6 Å². The first-order chi connectivity index (χ1) is 8.17. The Hall–Kier alpha value is -1.91. The molecule has 1 rings (SSSR count). The van der Waals surface area contributed by atoms with Crippen LogP contribution in [0.2, 0.25) is 0 Å². The number of carbonyl (C=O) groups excluding carboxylic acids is 2. The fraction of sp³-hybridized carbons (Fsp3) is 0.417. The summed E-state index contributed by atoms with van der Waals surface area (Å²) in [7, 11) is 1.33. The van der Waals surface area contributed by atoms with E-state index in [0.29, 0.717) is 6.42 Å². The maximum atomic E-state index is 11.4. The molecule has 1 heterocycles. The lowest BCUT2D eigenvalue weighted by Gasteiger charge is -2.17. The smallest absolute Gasteiger partial charge is 0.307 e. The van der Waals surface area contributed by atoms with Gasteiger partial charge in [0.15, 0.2) is 0 Å². The van der Waals surface area contributed by atoms with E-state index in [4.69, 9.17) is 0 Å². The number of ether oxygens (including phenoxy) is 1. The minimum Gasteiger partial charge on any atom is -0.469 e. The van der Waals surface area contributed by atoms with Gasteiger partial charge in [-0.05, 0) is 17.7 Å². The highest BCUT2D eigenvalue weighted by Crippen LogP contribution is 2.16. The molecule has 0 aliphatic carbocycles. The Labute approximate surface area is 100 Å². The third-order valence-electron chi connectivity index (χ3n) is 2.36. The monoisotopic (exact) mass is 236 g/mol. The lowest BCUT2D eigenvalue weighted by atomic mass is 10.1. The number of methoxy groups -OCH3 is 1. The molecule has 0 fully saturated rings. The van der Waals surface area contributed by atoms with Crippen LogP contribution in [0.25, 0.3) is 0 Å². The molecule has 0 aliphatic rings. The fourth-order valence-corrected chi connectivity index (χ4v) is 1.39. The number of nitrogens with zero attached hydrogens (tertiary/aromatic N) is 1. The number of rotatable bonds is 5. The van der Waals surface area contributed by atoms with Crippen molar-refractivity contribution in [1.82, 2.24) is 10.3 Å². The molecule has 5 nitrogen and oxygen atoms in total. The van der Waals surface area contributed by atoms with Crippen LogP contribution in [0.15, 0.2) is 24.5 Å². The van der Waals surface area contributed by atoms with Crippen molar-refractivity contribution in [2.24, 2.45) is 0 Å². The molecule has 1 aromatic heterocycles. The third kappa shape index (κ3) is 4.22. The molecule has 17 heavy (non-hydrogen) atoms. The van der Waals surface area contributed by atoms with E-state index < -0.39 is 0 Å². The Morgan fingerprint density at radius 3 is 2.59 bits per heavy atom. The van der Waals surface area contributed by atoms with Crippen molar-refractivity contribution in [2.75, 3.05) is 7.11 Å². The summed E-state index contributed by atoms with van der Waals surface area (Å²) in [5.41, 5.74) is 0.840. The molecule has 0 spiro atoms. The van der Waals surface area contributed by atoms with Gasteiger partial charge >= 0.3 is 5.97 Å². The highest BCUT2D eigenvalue weighted by molar-refractivity contribution is 5.77. The Balaban J connectivity index is 2.79. The number of nitrogens with one attached hydrogen (secondary N) is 1. The summed E-state index contributed by atoms with van der Waals surface area (Å²) >= 11 is 0. The second-order valence-electron chi connectivity index (χ2n) is 3.53. The Kier molecular flexibility index (Phi) is 5.13. The molecule has 0 bridgehead atoms. The molecule has 5 heteroatoms. The zero-order chi connectivity index (χ0) is 12.7. The van der Waals surface area contributed by atoms with E-state index in [0.717, 1.165) is 5.56 Å². The molecule has 1 atom stereocenters. The van der Waals surface area contributed by atoms with Crippen LogP contribution in [-0.2, 0) is 14.3 Å². The number of hydrogen-bond donors (Lipinski definition) is 1. The molecular weight excluding hydrogens is 220 g/mol. The normalized spacial score (nSPS) is 11.6. The molecule has 0 saturated carbocycles. The summed E-state index contributed by atoms with van der Waals surface area (Å²) in [6.07, 6.45) is 3.74. The van der Waals surface area contributed by atoms with E-state index in [-0.39, 0.29) is 24.3 Å². The first kappa shape index (κ1) is 13.2. The molecule has 0 saturated heterocycles. The number of hydrogen-bond acceptors (Lipinski definition) is 4. The molecule has 0 aliphatic heterocycles. The lowest BCUT2D eigenvalue weighted by Crippen LogP contribution is -2.29. The number of pyridine rings is 1. The van der Waals surface area contributed by atoms with E-state index in [1.165, 1.54) is 7.11 Å². The van der Waals surface area contributed by atoms with E-state index in [1.54, 1.807) is 31.5 Å². The summed E-state index contributed by atoms with van der Waals surface area (Å²) in [6, 6.07) is 3.17. The topological polar surface area (TPSA) is 68.3 Å². The Morgan fingerprint density at radius 2 is 2.06 bits per heavy atom. The zero-order valence-electron chi connectivity index (χ0n) is 9.97. The van der Waals surface area contributed by atoms with Gasteiger partial charge in [0.25, 0.3) is 0 Å². The predicted octanol–water partition coefficient (Wildman–Crippen LogP) is 1.21. The molecular formula is C12H16N2O3. The average Bonchev–Trinajstić information content (AvgIpc) is 2.38. The highest BCUT2D eigenvalue weighted by atomic mass is 16.5. The SMILES string of the molecule is CCC(=O)N[C@H](CC(=O)OC)c1ccncc1. The number of amides is 1. The van der Waals surface area contributed by atoms with E-state index in [1.807, 2.05) is 0 Å². The summed E-state index contributed by atoms with van der Waals surface area (Å²) in [5.74, 6) is -0.459. The van der Waals surface area contributed by atoms with Crippen molar-refractivity contribution in [3.8, 4) is 0 Å². The Bertz CT molecular complexity index is 361. The summed E-state index contributed by atoms with van der Waals surface area (Å²) in [5, 5.41) is 2.78. The third-order valence-corrected chi connectivity index (χ3v) is 2.36. The van der Waals surface area contributed by atoms with Gasteiger partial charge in [-0.2, -0.15) is 0 Å². The maximum absolute atomic E-state index is 11.4. The summed E-state index contributed by atoms with van der Waals surface area (Å²) < 4.78 is 4.61. The average molecular weight is 236 g/mol. The van der Waals surface area contributed by atoms with Gasteiger partial charge in [-0.25, -0.2) is 0 Å². The van der Waals surface area contributed by atoms with Gasteiger partial charge in [0.2, 0.25) is 5.91 Å². The summed E-state index contributed by atoms with van der Waals surface area (Å²) in [6.45, 7) is 1.76. The van der Waals surface area contributed by atoms with Gasteiger partial charge in [0, 0.05) is 18.8 Å². The molecule has 1 amide bonds. The van der Waals surface area contributed by atoms with Gasteiger partial charge in [-0.15, -0.1) is 0 Å². The van der Waals surface area contributed by atoms with Crippen LogP contribution in [0.3, 0.4) is 0 Å². The Morgan fingerprint density at radius 1 is 1.41 bits per heavy atom. The largest absolute Gasteiger partial charge is 0.469 e. The van der Waals surface area contributed by atoms with Crippen LogP contribution in [0.4, 0.5) is 0 Å². The first-order valence-electron chi connectivity index (χ1n) is 5.43. The van der Waals surface area contributed by atoms with Crippen LogP contribution in [0, 0.1) is 0 Å². The molecule has 0 radical (unpaired) electrons. The molecule has 0 aromatic carbocycles. The van der Waals surface area contributed by atoms with Gasteiger partial charge in [-0.1, -0.05) is 6.92 Å². The van der Waals surface area contributed by atoms with Crippen LogP contribution >= 0.6 is 0 Å². The van der Waals surface area contributed by atoms with Crippen molar-refractivity contribution in [1.29, 1.82) is 0 Å². The standard InChI is InChI=1S/C12H16N2O3/c1-3-11(15)14-10(8-12(16)17-2)9-4-6-13-7-5-9/h4-7,10H,3,8H2,1-2H3,(H,14,15)/t10-/m1/s1. The van der Waals surface area contributed by atoms with Gasteiger partial charge < -0.3 is 10.1 Å². The van der Waals surface area contributed by atoms with Gasteiger partial charge in [0.1, 0.15) is 0 Å². The van der Waals surface area contributed by atoms with E-state index in [2.05, 4.69) is 15.0 Å². The lowest BCUT2D eigenvalue weighted by molar-refractivity contribution is -0.141. The van der Waals surface area contributed by atoms with Crippen LogP contribution in [0.5, 0.6) is 0 Å². The van der Waals surface area contributed by atoms with Crippen LogP contribution < -0.4 is 5.32 Å². The van der Waals surface area contributed by atoms with Crippen molar-refractivity contribution in [3.63, 3.8) is 0 Å². The fourth-order valence-electron chi connectivity index (χ4n) is 1.39. The first-order valence-corrected chi connectivity index (χ1v) is 5.43. The highest BCUT2D eigenvalue weighted by Gasteiger charge is 2.17. The van der Waals surface area contributed by atoms with Crippen molar-refractivity contribution >= 4 is 11.9 Å². The van der Waals surface area contributed by atoms with Crippen molar-refractivity contribution < 1.29 is 14.3 Å². The number of carbonyl (C=O) groups is 2. The second kappa shape index (κ2) is 6.62. The van der Waals surface area contributed by atoms with Gasteiger partial charge in [-0.3, -0.25) is 14.6 Å². The van der Waals surface area contributed by atoms with Crippen LogP contribution in [0.1, 0.15) is 31.4 Å². The quantitative estimate of drug-likeness (QED) is 0.780. The van der Waals surface area contributed by atoms with Crippen molar-refractivity contribution in [3.05, 3.63) is 30.1 Å². The zero-order valence-corrected chi connectivity index (χ0v) is 9.97. The second-order valence-corrected chi connectivity index (χ2v) is 3.53.